The van der Waals surface area contributed by atoms with Crippen LogP contribution in [0.1, 0.15) is 10.4 Å². The number of carbonyl (C=O) groups excluding carboxylic acids is 2. The van der Waals surface area contributed by atoms with Crippen LogP contribution in [0, 0.1) is 0 Å². The number of thioether (sulfide) groups is 1. The van der Waals surface area contributed by atoms with Crippen LogP contribution >= 0.6 is 35.0 Å². The van der Waals surface area contributed by atoms with Gasteiger partial charge in [0.1, 0.15) is 18.9 Å². The third-order valence-corrected chi connectivity index (χ3v) is 4.92. The fraction of sp³-hybridized carbons (Fsp3) is 0.222. The van der Waals surface area contributed by atoms with Crippen molar-refractivity contribution in [1.29, 1.82) is 0 Å². The topological polar surface area (TPSA) is 64.6 Å². The van der Waals surface area contributed by atoms with E-state index in [2.05, 4.69) is 5.32 Å². The summed E-state index contributed by atoms with van der Waals surface area (Å²) in [5.41, 5.74) is 0.406. The molecule has 0 atom stereocenters. The van der Waals surface area contributed by atoms with Crippen LogP contribution in [-0.4, -0.2) is 37.9 Å². The minimum Gasteiger partial charge on any atom is -0.497 e. The Morgan fingerprint density at radius 3 is 2.73 bits per heavy atom. The minimum absolute atomic E-state index is 0.196. The highest BCUT2D eigenvalue weighted by molar-refractivity contribution is 7.99. The normalized spacial score (nSPS) is 10.3. The van der Waals surface area contributed by atoms with Gasteiger partial charge in [0, 0.05) is 21.2 Å². The summed E-state index contributed by atoms with van der Waals surface area (Å²) < 4.78 is 10.1. The third-order valence-electron chi connectivity index (χ3n) is 3.22. The van der Waals surface area contributed by atoms with Gasteiger partial charge in [-0.05, 0) is 36.4 Å². The van der Waals surface area contributed by atoms with Gasteiger partial charge < -0.3 is 14.8 Å². The molecule has 1 amide bonds. The number of rotatable bonds is 8. The maximum absolute atomic E-state index is 12.0. The monoisotopic (exact) mass is 413 g/mol. The first-order valence-corrected chi connectivity index (χ1v) is 9.39. The average molecular weight is 414 g/mol. The lowest BCUT2D eigenvalue weighted by atomic mass is 10.2. The molecule has 0 fully saturated rings. The quantitative estimate of drug-likeness (QED) is 0.401. The second kappa shape index (κ2) is 10.3. The standard InChI is InChI=1S/C18H17Cl2NO4S/c1-24-14-4-2-3-12(9-14)18(23)21-11-17(22)25-7-8-26-16-10-13(19)5-6-15(16)20/h2-6,9-10H,7-8,11H2,1H3,(H,21,23). The van der Waals surface area contributed by atoms with E-state index in [1.54, 1.807) is 42.5 Å². The van der Waals surface area contributed by atoms with Crippen molar-refractivity contribution >= 4 is 46.8 Å². The smallest absolute Gasteiger partial charge is 0.325 e. The number of amides is 1. The Kier molecular flexibility index (Phi) is 8.09. The molecule has 0 unspecified atom stereocenters. The first-order chi connectivity index (χ1) is 12.5. The lowest BCUT2D eigenvalue weighted by molar-refractivity contribution is -0.141. The summed E-state index contributed by atoms with van der Waals surface area (Å²) >= 11 is 13.4. The average Bonchev–Trinajstić information content (AvgIpc) is 2.65. The molecule has 0 bridgehead atoms. The predicted octanol–water partition coefficient (Wildman–Crippen LogP) is 4.07. The van der Waals surface area contributed by atoms with Crippen LogP contribution < -0.4 is 10.1 Å². The minimum atomic E-state index is -0.515. The number of hydrogen-bond donors (Lipinski definition) is 1. The summed E-state index contributed by atoms with van der Waals surface area (Å²) in [5, 5.41) is 3.70. The number of methoxy groups -OCH3 is 1. The lowest BCUT2D eigenvalue weighted by Crippen LogP contribution is -2.30. The molecule has 0 spiro atoms. The summed E-state index contributed by atoms with van der Waals surface area (Å²) in [6, 6.07) is 11.8. The molecule has 0 aliphatic heterocycles. The maximum atomic E-state index is 12.0. The zero-order valence-electron chi connectivity index (χ0n) is 14.0. The van der Waals surface area contributed by atoms with Gasteiger partial charge >= 0.3 is 5.97 Å². The van der Waals surface area contributed by atoms with Gasteiger partial charge in [0.15, 0.2) is 0 Å². The van der Waals surface area contributed by atoms with Crippen LogP contribution in [0.3, 0.4) is 0 Å². The summed E-state index contributed by atoms with van der Waals surface area (Å²) in [4.78, 5) is 24.5. The van der Waals surface area contributed by atoms with E-state index in [0.717, 1.165) is 4.90 Å². The van der Waals surface area contributed by atoms with Crippen LogP contribution in [0.25, 0.3) is 0 Å². The van der Waals surface area contributed by atoms with Crippen LogP contribution in [-0.2, 0) is 9.53 Å². The largest absolute Gasteiger partial charge is 0.497 e. The predicted molar refractivity (Wildman–Crippen MR) is 103 cm³/mol. The summed E-state index contributed by atoms with van der Waals surface area (Å²) in [6.45, 7) is -0.0139. The fourth-order valence-corrected chi connectivity index (χ4v) is 3.29. The van der Waals surface area contributed by atoms with Crippen LogP contribution in [0.2, 0.25) is 10.0 Å². The van der Waals surface area contributed by atoms with Crippen molar-refractivity contribution in [3.8, 4) is 5.75 Å². The van der Waals surface area contributed by atoms with E-state index in [1.165, 1.54) is 18.9 Å². The van der Waals surface area contributed by atoms with Crippen LogP contribution in [0.5, 0.6) is 5.75 Å². The molecule has 0 aliphatic rings. The van der Waals surface area contributed by atoms with E-state index < -0.39 is 5.97 Å². The van der Waals surface area contributed by atoms with E-state index in [0.29, 0.717) is 27.1 Å². The SMILES string of the molecule is COc1cccc(C(=O)NCC(=O)OCCSc2cc(Cl)ccc2Cl)c1. The van der Waals surface area contributed by atoms with Crippen molar-refractivity contribution in [3.63, 3.8) is 0 Å². The molecule has 138 valence electrons. The van der Waals surface area contributed by atoms with Crippen molar-refractivity contribution < 1.29 is 19.1 Å². The number of benzene rings is 2. The number of hydrogen-bond acceptors (Lipinski definition) is 5. The first kappa shape index (κ1) is 20.4. The molecule has 8 heteroatoms. The molecule has 0 heterocycles. The third kappa shape index (κ3) is 6.44. The van der Waals surface area contributed by atoms with Crippen LogP contribution in [0.4, 0.5) is 0 Å². The molecule has 0 saturated carbocycles. The van der Waals surface area contributed by atoms with Gasteiger partial charge in [-0.15, -0.1) is 11.8 Å². The molecule has 0 saturated heterocycles. The Balaban J connectivity index is 1.70. The Morgan fingerprint density at radius 2 is 1.96 bits per heavy atom. The number of esters is 1. The summed E-state index contributed by atoms with van der Waals surface area (Å²) in [7, 11) is 1.52. The summed E-state index contributed by atoms with van der Waals surface area (Å²) in [6.07, 6.45) is 0. The molecule has 5 nitrogen and oxygen atoms in total. The second-order valence-corrected chi connectivity index (χ2v) is 7.04. The number of nitrogens with one attached hydrogen (secondary N) is 1. The highest BCUT2D eigenvalue weighted by Crippen LogP contribution is 2.29. The highest BCUT2D eigenvalue weighted by atomic mass is 35.5. The maximum Gasteiger partial charge on any atom is 0.325 e. The van der Waals surface area contributed by atoms with E-state index in [9.17, 15) is 9.59 Å². The Labute approximate surface area is 166 Å². The molecule has 2 aromatic rings. The number of halogens is 2. The Hall–Kier alpha value is -1.89. The van der Waals surface area contributed by atoms with Gasteiger partial charge in [-0.25, -0.2) is 0 Å². The number of carbonyl (C=O) groups is 2. The van der Waals surface area contributed by atoms with Crippen molar-refractivity contribution in [2.75, 3.05) is 26.0 Å². The molecular formula is C18H17Cl2NO4S. The van der Waals surface area contributed by atoms with E-state index >= 15 is 0 Å². The van der Waals surface area contributed by atoms with Crippen molar-refractivity contribution in [3.05, 3.63) is 58.1 Å². The van der Waals surface area contributed by atoms with E-state index in [1.807, 2.05) is 0 Å². The van der Waals surface area contributed by atoms with Gasteiger partial charge in [0.05, 0.1) is 12.1 Å². The molecule has 2 aromatic carbocycles. The molecule has 0 aromatic heterocycles. The summed E-state index contributed by atoms with van der Waals surface area (Å²) in [5.74, 6) is 0.201. The fourth-order valence-electron chi connectivity index (χ4n) is 1.96. The van der Waals surface area contributed by atoms with E-state index in [4.69, 9.17) is 32.7 Å². The first-order valence-electron chi connectivity index (χ1n) is 7.65. The van der Waals surface area contributed by atoms with E-state index in [-0.39, 0.29) is 19.1 Å². The van der Waals surface area contributed by atoms with Gasteiger partial charge in [0.25, 0.3) is 5.91 Å². The van der Waals surface area contributed by atoms with Gasteiger partial charge in [-0.1, -0.05) is 29.3 Å². The molecule has 0 radical (unpaired) electrons. The zero-order chi connectivity index (χ0) is 18.9. The van der Waals surface area contributed by atoms with Crippen molar-refractivity contribution in [2.24, 2.45) is 0 Å². The highest BCUT2D eigenvalue weighted by Gasteiger charge is 2.10. The number of ether oxygens (including phenoxy) is 2. The molecule has 0 aliphatic carbocycles. The second-order valence-electron chi connectivity index (χ2n) is 5.06. The van der Waals surface area contributed by atoms with Gasteiger partial charge in [-0.2, -0.15) is 0 Å². The van der Waals surface area contributed by atoms with Gasteiger partial charge in [0.2, 0.25) is 0 Å². The molecular weight excluding hydrogens is 397 g/mol. The molecule has 2 rings (SSSR count). The lowest BCUT2D eigenvalue weighted by Gasteiger charge is -2.08. The van der Waals surface area contributed by atoms with Crippen LogP contribution in [0.15, 0.2) is 47.4 Å². The zero-order valence-corrected chi connectivity index (χ0v) is 16.3. The van der Waals surface area contributed by atoms with Crippen molar-refractivity contribution in [1.82, 2.24) is 5.32 Å². The molecule has 1 N–H and O–H groups in total. The Morgan fingerprint density at radius 1 is 1.15 bits per heavy atom. The Bertz CT molecular complexity index is 786. The van der Waals surface area contributed by atoms with Crippen molar-refractivity contribution in [2.45, 2.75) is 4.90 Å². The van der Waals surface area contributed by atoms with Gasteiger partial charge in [-0.3, -0.25) is 9.59 Å². The molecule has 26 heavy (non-hydrogen) atoms.